The third-order valence-corrected chi connectivity index (χ3v) is 2.37. The van der Waals surface area contributed by atoms with E-state index in [-0.39, 0.29) is 0 Å². The summed E-state index contributed by atoms with van der Waals surface area (Å²) < 4.78 is 0. The van der Waals surface area contributed by atoms with Crippen LogP contribution in [0.5, 0.6) is 0 Å². The summed E-state index contributed by atoms with van der Waals surface area (Å²) in [5.41, 5.74) is 6.11. The van der Waals surface area contributed by atoms with Crippen molar-refractivity contribution in [3.05, 3.63) is 22.3 Å². The molecule has 0 aromatic rings. The average molecular weight is 355 g/mol. The van der Waals surface area contributed by atoms with Crippen molar-refractivity contribution < 1.29 is 15.5 Å². The number of hydrogen-bond acceptors (Lipinski definition) is 0. The molecule has 0 amide bonds. The van der Waals surface area contributed by atoms with Gasteiger partial charge in [-0.3, -0.25) is 0 Å². The van der Waals surface area contributed by atoms with E-state index in [1.165, 1.54) is 17.6 Å². The van der Waals surface area contributed by atoms with E-state index in [9.17, 15) is 0 Å². The molecule has 14 heavy (non-hydrogen) atoms. The Morgan fingerprint density at radius 3 is 1.07 bits per heavy atom. The second-order valence-corrected chi connectivity index (χ2v) is 25.8. The van der Waals surface area contributed by atoms with Crippen LogP contribution in [0.15, 0.2) is 22.3 Å². The Labute approximate surface area is 105 Å². The van der Waals surface area contributed by atoms with Crippen LogP contribution in [0.4, 0.5) is 0 Å². The predicted molar refractivity (Wildman–Crippen MR) is 64.8 cm³/mol. The average Bonchev–Trinajstić information content (AvgIpc) is 2.14. The number of rotatable bonds is 0. The molecule has 0 unspecified atom stereocenters. The van der Waals surface area contributed by atoms with Crippen molar-refractivity contribution in [2.75, 3.05) is 0 Å². The predicted octanol–water partition coefficient (Wildman–Crippen LogP) is 5.82. The van der Waals surface area contributed by atoms with Crippen molar-refractivity contribution in [1.82, 2.24) is 0 Å². The van der Waals surface area contributed by atoms with Crippen LogP contribution in [0.3, 0.4) is 0 Å². The van der Waals surface area contributed by atoms with Crippen LogP contribution >= 0.6 is 34.1 Å². The first-order chi connectivity index (χ1) is 6.13. The van der Waals surface area contributed by atoms with E-state index in [4.69, 9.17) is 34.1 Å². The second kappa shape index (κ2) is 6.31. The van der Waals surface area contributed by atoms with Gasteiger partial charge in [0.1, 0.15) is 0 Å². The summed E-state index contributed by atoms with van der Waals surface area (Å²) in [6.07, 6.45) is 1.21. The summed E-state index contributed by atoms with van der Waals surface area (Å²) >= 11 is -3.29. The van der Waals surface area contributed by atoms with Crippen molar-refractivity contribution in [3.8, 4) is 0 Å². The molecule has 0 saturated heterocycles. The molecule has 5 heteroatoms. The first-order valence-electron chi connectivity index (χ1n) is 4.21. The molecule has 0 fully saturated rings. The van der Waals surface area contributed by atoms with Crippen LogP contribution in [0.2, 0.25) is 0 Å². The maximum absolute atomic E-state index is 5.04. The van der Waals surface area contributed by atoms with Gasteiger partial charge in [-0.05, 0) is 45.3 Å². The van der Waals surface area contributed by atoms with Gasteiger partial charge in [-0.15, -0.1) is 0 Å². The van der Waals surface area contributed by atoms with Crippen molar-refractivity contribution in [2.24, 2.45) is 0 Å². The third-order valence-electron chi connectivity index (χ3n) is 2.37. The van der Waals surface area contributed by atoms with Crippen LogP contribution in [0, 0.1) is 0 Å². The fourth-order valence-electron chi connectivity index (χ4n) is 1.30. The third kappa shape index (κ3) is 6.91. The zero-order valence-electron chi connectivity index (χ0n) is 8.72. The van der Waals surface area contributed by atoms with Crippen LogP contribution in [0.25, 0.3) is 0 Å². The molecule has 0 aromatic carbocycles. The molecule has 0 nitrogen and oxygen atoms in total. The first kappa shape index (κ1) is 15.5. The fraction of sp³-hybridized carbons (Fsp3) is 0.556. The normalized spacial score (nSPS) is 17.1. The number of halogens is 4. The quantitative estimate of drug-likeness (QED) is 0.514. The Hall–Kier alpha value is 1.52. The molecule has 0 N–H and O–H groups in total. The van der Waals surface area contributed by atoms with Crippen molar-refractivity contribution in [3.63, 3.8) is 0 Å². The minimum atomic E-state index is -3.29. The van der Waals surface area contributed by atoms with Crippen LogP contribution in [-0.4, -0.2) is 0 Å². The Balaban J connectivity index is 0.000000292. The summed E-state index contributed by atoms with van der Waals surface area (Å²) in [5.74, 6) is 0. The second-order valence-electron chi connectivity index (χ2n) is 3.42. The van der Waals surface area contributed by atoms with Crippen LogP contribution in [0.1, 0.15) is 34.1 Å². The molecule has 0 radical (unpaired) electrons. The zero-order chi connectivity index (χ0) is 11.5. The summed E-state index contributed by atoms with van der Waals surface area (Å²) in [4.78, 5) is 0. The van der Waals surface area contributed by atoms with E-state index >= 15 is 0 Å². The summed E-state index contributed by atoms with van der Waals surface area (Å²) in [6, 6.07) is 0. The summed E-state index contributed by atoms with van der Waals surface area (Å²) in [5, 5.41) is 0. The zero-order valence-corrected chi connectivity index (χ0v) is 14.2. The standard InChI is InChI=1S/C9H14.4ClH.Zr/c1-6-5-7(2)9(4)8(6)3;;;;;/h5H2,1-4H3;4*1H;/q;;;;;+4/p-4. The van der Waals surface area contributed by atoms with E-state index in [0.29, 0.717) is 0 Å². The van der Waals surface area contributed by atoms with Gasteiger partial charge in [0, 0.05) is 0 Å². The Kier molecular flexibility index (Phi) is 6.99. The van der Waals surface area contributed by atoms with Crippen LogP contribution in [-0.2, 0) is 15.5 Å². The molecule has 0 aromatic heterocycles. The topological polar surface area (TPSA) is 0 Å². The minimum absolute atomic E-state index is 1.21. The van der Waals surface area contributed by atoms with Gasteiger partial charge in [0.25, 0.3) is 0 Å². The maximum atomic E-state index is 5.04. The summed E-state index contributed by atoms with van der Waals surface area (Å²) in [6.45, 7) is 8.85. The molecule has 0 atom stereocenters. The first-order valence-corrected chi connectivity index (χ1v) is 16.9. The van der Waals surface area contributed by atoms with Crippen LogP contribution < -0.4 is 0 Å². The van der Waals surface area contributed by atoms with Gasteiger partial charge in [-0.2, -0.15) is 0 Å². The van der Waals surface area contributed by atoms with Gasteiger partial charge in [0.15, 0.2) is 0 Å². The molecular formula is C9H14Cl4Zr. The molecule has 1 rings (SSSR count). The molecule has 0 saturated carbocycles. The molecule has 1 aliphatic rings. The van der Waals surface area contributed by atoms with Crippen molar-refractivity contribution >= 4 is 34.1 Å². The van der Waals surface area contributed by atoms with Crippen molar-refractivity contribution in [1.29, 1.82) is 0 Å². The fourth-order valence-corrected chi connectivity index (χ4v) is 1.30. The number of allylic oxidation sites excluding steroid dienone is 4. The van der Waals surface area contributed by atoms with Gasteiger partial charge < -0.3 is 0 Å². The molecule has 0 heterocycles. The monoisotopic (exact) mass is 352 g/mol. The Bertz CT molecular complexity index is 245. The van der Waals surface area contributed by atoms with Crippen molar-refractivity contribution in [2.45, 2.75) is 34.1 Å². The van der Waals surface area contributed by atoms with E-state index in [2.05, 4.69) is 27.7 Å². The van der Waals surface area contributed by atoms with E-state index in [1.807, 2.05) is 0 Å². The Morgan fingerprint density at radius 2 is 1.00 bits per heavy atom. The SMILES string of the molecule is CC1=C(C)C(C)=C(C)C1.[Cl][Zr]([Cl])([Cl])[Cl]. The Morgan fingerprint density at radius 1 is 0.786 bits per heavy atom. The molecule has 0 spiro atoms. The van der Waals surface area contributed by atoms with Gasteiger partial charge in [-0.25, -0.2) is 0 Å². The van der Waals surface area contributed by atoms with Gasteiger partial charge in [0.2, 0.25) is 0 Å². The summed E-state index contributed by atoms with van der Waals surface area (Å²) in [7, 11) is 20.1. The molecule has 1 aliphatic carbocycles. The van der Waals surface area contributed by atoms with E-state index in [0.717, 1.165) is 0 Å². The molecule has 82 valence electrons. The molecule has 0 bridgehead atoms. The van der Waals surface area contributed by atoms with Gasteiger partial charge >= 0.3 is 49.5 Å². The van der Waals surface area contributed by atoms with Gasteiger partial charge in [0.05, 0.1) is 0 Å². The molecular weight excluding hydrogens is 341 g/mol. The van der Waals surface area contributed by atoms with E-state index < -0.39 is 15.5 Å². The molecule has 0 aliphatic heterocycles. The number of hydrogen-bond donors (Lipinski definition) is 0. The van der Waals surface area contributed by atoms with Gasteiger partial charge in [-0.1, -0.05) is 11.1 Å². The van der Waals surface area contributed by atoms with E-state index in [1.54, 1.807) is 11.1 Å².